The Morgan fingerprint density at radius 2 is 1.80 bits per heavy atom. The number of nitrogens with zero attached hydrogens (tertiary/aromatic N) is 1. The fourth-order valence-corrected chi connectivity index (χ4v) is 10.8. The van der Waals surface area contributed by atoms with Crippen molar-refractivity contribution in [2.45, 2.75) is 118 Å². The van der Waals surface area contributed by atoms with Crippen LogP contribution in [0.4, 0.5) is 5.69 Å². The van der Waals surface area contributed by atoms with Crippen LogP contribution in [-0.2, 0) is 25.6 Å². The fourth-order valence-electron chi connectivity index (χ4n) is 10.8. The summed E-state index contributed by atoms with van der Waals surface area (Å²) in [4.78, 5) is 36.1. The van der Waals surface area contributed by atoms with Crippen LogP contribution < -0.4 is 5.32 Å². The molecule has 1 amide bonds. The van der Waals surface area contributed by atoms with E-state index in [-0.39, 0.29) is 47.1 Å². The van der Waals surface area contributed by atoms with Gasteiger partial charge in [-0.15, -0.1) is 0 Å². The third-order valence-corrected chi connectivity index (χ3v) is 13.2. The Balaban J connectivity index is 1.19. The van der Waals surface area contributed by atoms with Crippen LogP contribution in [0.25, 0.3) is 0 Å². The standard InChI is InChI=1S/C37H56N2O7/c1-7-38-35(41)24-10-11-25(31(19-24)39(42)43)22-46-33(40)14-9-23(3)28-12-13-29-34-30(16-18-37(28,29)5)36(4)17-15-27(45-8-2)20-26(36)21-32(34)44-6/h10-11,19,23,26-30,32,34H,7-9,12-18,20-22H2,1-6H3,(H,38,41)/t23-,26-,27+,28?,29?,30?,32+,34?,36-,37+/m0/s1. The van der Waals surface area contributed by atoms with E-state index in [2.05, 4.69) is 33.0 Å². The third-order valence-electron chi connectivity index (χ3n) is 13.2. The zero-order valence-electron chi connectivity index (χ0n) is 28.8. The summed E-state index contributed by atoms with van der Waals surface area (Å²) in [5, 5.41) is 14.3. The summed E-state index contributed by atoms with van der Waals surface area (Å²) in [5.74, 6) is 2.79. The highest BCUT2D eigenvalue weighted by Gasteiger charge is 2.63. The zero-order chi connectivity index (χ0) is 33.2. The van der Waals surface area contributed by atoms with Crippen LogP contribution >= 0.6 is 0 Å². The number of esters is 1. The van der Waals surface area contributed by atoms with Gasteiger partial charge in [-0.2, -0.15) is 0 Å². The van der Waals surface area contributed by atoms with Gasteiger partial charge in [0.2, 0.25) is 0 Å². The minimum atomic E-state index is -0.535. The van der Waals surface area contributed by atoms with Crippen molar-refractivity contribution in [3.63, 3.8) is 0 Å². The molecule has 1 aromatic rings. The number of ether oxygens (including phenoxy) is 3. The smallest absolute Gasteiger partial charge is 0.306 e. The fraction of sp³-hybridized carbons (Fsp3) is 0.784. The zero-order valence-corrected chi connectivity index (χ0v) is 28.8. The number of nitrogens with one attached hydrogen (secondary N) is 1. The first-order chi connectivity index (χ1) is 22.0. The molecule has 1 N–H and O–H groups in total. The highest BCUT2D eigenvalue weighted by Crippen LogP contribution is 2.68. The van der Waals surface area contributed by atoms with Crippen LogP contribution in [0.1, 0.15) is 115 Å². The van der Waals surface area contributed by atoms with Gasteiger partial charge < -0.3 is 19.5 Å². The van der Waals surface area contributed by atoms with E-state index in [1.807, 2.05) is 7.11 Å². The first-order valence-electron chi connectivity index (χ1n) is 17.8. The van der Waals surface area contributed by atoms with E-state index in [0.29, 0.717) is 59.7 Å². The second-order valence-corrected chi connectivity index (χ2v) is 15.2. The summed E-state index contributed by atoms with van der Waals surface area (Å²) in [6, 6.07) is 4.28. The van der Waals surface area contributed by atoms with Crippen molar-refractivity contribution < 1.29 is 28.7 Å². The molecule has 1 aromatic carbocycles. The van der Waals surface area contributed by atoms with Gasteiger partial charge >= 0.3 is 5.97 Å². The van der Waals surface area contributed by atoms with Crippen molar-refractivity contribution in [3.05, 3.63) is 39.4 Å². The summed E-state index contributed by atoms with van der Waals surface area (Å²) in [6.07, 6.45) is 11.4. The first-order valence-corrected chi connectivity index (χ1v) is 17.8. The summed E-state index contributed by atoms with van der Waals surface area (Å²) >= 11 is 0. The topological polar surface area (TPSA) is 117 Å². The Kier molecular flexibility index (Phi) is 10.8. The molecule has 0 aliphatic heterocycles. The van der Waals surface area contributed by atoms with Gasteiger partial charge in [0.05, 0.1) is 22.7 Å². The molecule has 10 atom stereocenters. The van der Waals surface area contributed by atoms with E-state index in [0.717, 1.165) is 19.4 Å². The number of nitro benzene ring substituents is 1. The van der Waals surface area contributed by atoms with Gasteiger partial charge in [-0.1, -0.05) is 20.8 Å². The highest BCUT2D eigenvalue weighted by molar-refractivity contribution is 5.94. The molecule has 9 heteroatoms. The van der Waals surface area contributed by atoms with Gasteiger partial charge in [0.25, 0.3) is 11.6 Å². The summed E-state index contributed by atoms with van der Waals surface area (Å²) in [7, 11) is 1.92. The second-order valence-electron chi connectivity index (χ2n) is 15.2. The predicted molar refractivity (Wildman–Crippen MR) is 176 cm³/mol. The lowest BCUT2D eigenvalue weighted by Crippen LogP contribution is -2.59. The van der Waals surface area contributed by atoms with Crippen molar-refractivity contribution in [1.82, 2.24) is 5.32 Å². The molecule has 0 aromatic heterocycles. The van der Waals surface area contributed by atoms with Gasteiger partial charge in [0.1, 0.15) is 6.61 Å². The number of carbonyl (C=O) groups is 2. The summed E-state index contributed by atoms with van der Waals surface area (Å²) in [6.45, 7) is 12.3. The van der Waals surface area contributed by atoms with Crippen LogP contribution in [0.3, 0.4) is 0 Å². The predicted octanol–water partition coefficient (Wildman–Crippen LogP) is 7.49. The second kappa shape index (κ2) is 14.3. The molecule has 0 spiro atoms. The van der Waals surface area contributed by atoms with E-state index >= 15 is 0 Å². The molecule has 5 rings (SSSR count). The maximum Gasteiger partial charge on any atom is 0.306 e. The van der Waals surface area contributed by atoms with Gasteiger partial charge in [-0.3, -0.25) is 19.7 Å². The third kappa shape index (κ3) is 6.60. The van der Waals surface area contributed by atoms with Crippen molar-refractivity contribution in [2.24, 2.45) is 46.3 Å². The van der Waals surface area contributed by atoms with Gasteiger partial charge in [0.15, 0.2) is 0 Å². The molecular weight excluding hydrogens is 584 g/mol. The van der Waals surface area contributed by atoms with E-state index in [1.54, 1.807) is 6.92 Å². The van der Waals surface area contributed by atoms with Crippen molar-refractivity contribution in [2.75, 3.05) is 20.3 Å². The molecule has 4 fully saturated rings. The van der Waals surface area contributed by atoms with Gasteiger partial charge in [-0.25, -0.2) is 0 Å². The van der Waals surface area contributed by atoms with Crippen LogP contribution in [-0.4, -0.2) is 49.3 Å². The average molecular weight is 641 g/mol. The molecule has 4 aliphatic carbocycles. The number of hydrogen-bond donors (Lipinski definition) is 1. The lowest BCUT2D eigenvalue weighted by Gasteiger charge is -2.63. The molecule has 4 aliphatic rings. The van der Waals surface area contributed by atoms with Crippen LogP contribution in [0.2, 0.25) is 0 Å². The number of methoxy groups -OCH3 is 1. The number of nitro groups is 1. The number of amides is 1. The minimum absolute atomic E-state index is 0.186. The molecular formula is C37H56N2O7. The van der Waals surface area contributed by atoms with Crippen LogP contribution in [0, 0.1) is 56.5 Å². The molecule has 4 saturated carbocycles. The van der Waals surface area contributed by atoms with E-state index in [4.69, 9.17) is 14.2 Å². The number of benzene rings is 1. The Bertz CT molecular complexity index is 1270. The Hall–Kier alpha value is -2.52. The van der Waals surface area contributed by atoms with Crippen molar-refractivity contribution in [1.29, 1.82) is 0 Å². The molecule has 46 heavy (non-hydrogen) atoms. The van der Waals surface area contributed by atoms with Crippen LogP contribution in [0.5, 0.6) is 0 Å². The van der Waals surface area contributed by atoms with E-state index < -0.39 is 4.92 Å². The lowest BCUT2D eigenvalue weighted by atomic mass is 9.43. The quantitative estimate of drug-likeness (QED) is 0.143. The van der Waals surface area contributed by atoms with Gasteiger partial charge in [-0.05, 0) is 130 Å². The normalized spacial score (nSPS) is 35.7. The number of hydrogen-bond acceptors (Lipinski definition) is 7. The number of rotatable bonds is 12. The largest absolute Gasteiger partial charge is 0.461 e. The SMILES string of the molecule is CCNC(=O)c1ccc(COC(=O)CC[C@H](C)C2CCC3C4C(CC[C@@]32C)[C@@]2(C)CC[C@@H](OCC)C[C@H]2C[C@H]4OC)c([N+](=O)[O-])c1. The van der Waals surface area contributed by atoms with E-state index in [9.17, 15) is 19.7 Å². The maximum atomic E-state index is 12.9. The van der Waals surface area contributed by atoms with Crippen molar-refractivity contribution in [3.8, 4) is 0 Å². The number of fused-ring (bicyclic) bond motifs is 5. The monoisotopic (exact) mass is 640 g/mol. The Morgan fingerprint density at radius 1 is 1.07 bits per heavy atom. The Morgan fingerprint density at radius 3 is 2.50 bits per heavy atom. The van der Waals surface area contributed by atoms with E-state index in [1.165, 1.54) is 63.1 Å². The lowest BCUT2D eigenvalue weighted by molar-refractivity contribution is -0.385. The average Bonchev–Trinajstić information content (AvgIpc) is 3.39. The molecule has 0 saturated heterocycles. The Labute approximate surface area is 275 Å². The molecule has 0 bridgehead atoms. The minimum Gasteiger partial charge on any atom is -0.461 e. The molecule has 0 radical (unpaired) electrons. The molecule has 9 nitrogen and oxygen atoms in total. The highest BCUT2D eigenvalue weighted by atomic mass is 16.6. The summed E-state index contributed by atoms with van der Waals surface area (Å²) < 4.78 is 18.0. The van der Waals surface area contributed by atoms with Crippen LogP contribution in [0.15, 0.2) is 18.2 Å². The maximum absolute atomic E-state index is 12.9. The molecule has 256 valence electrons. The summed E-state index contributed by atoms with van der Waals surface area (Å²) in [5.41, 5.74) is 0.872. The molecule has 0 heterocycles. The number of carbonyl (C=O) groups excluding carboxylic acids is 2. The van der Waals surface area contributed by atoms with Gasteiger partial charge in [0, 0.05) is 38.3 Å². The van der Waals surface area contributed by atoms with Crippen molar-refractivity contribution >= 4 is 17.6 Å². The molecule has 4 unspecified atom stereocenters. The first kappa shape index (κ1) is 34.8.